The van der Waals surface area contributed by atoms with E-state index in [-0.39, 0.29) is 18.7 Å². The lowest BCUT2D eigenvalue weighted by molar-refractivity contribution is -0.147. The Labute approximate surface area is 169 Å². The molecule has 0 atom stereocenters. The maximum atomic E-state index is 12.0. The van der Waals surface area contributed by atoms with Gasteiger partial charge in [0, 0.05) is 18.2 Å². The van der Waals surface area contributed by atoms with Crippen LogP contribution in [0.4, 0.5) is 11.4 Å². The molecule has 0 heterocycles. The van der Waals surface area contributed by atoms with E-state index in [1.165, 1.54) is 14.2 Å². The lowest BCUT2D eigenvalue weighted by atomic mass is 10.2. The van der Waals surface area contributed by atoms with Gasteiger partial charge >= 0.3 is 5.97 Å². The molecule has 0 aliphatic rings. The van der Waals surface area contributed by atoms with E-state index >= 15 is 0 Å². The van der Waals surface area contributed by atoms with Gasteiger partial charge in [-0.05, 0) is 31.2 Å². The highest BCUT2D eigenvalue weighted by atomic mass is 16.5. The minimum atomic E-state index is -0.638. The van der Waals surface area contributed by atoms with Gasteiger partial charge in [0.05, 0.1) is 26.3 Å². The van der Waals surface area contributed by atoms with Gasteiger partial charge in [-0.25, -0.2) is 0 Å². The molecule has 8 heteroatoms. The van der Waals surface area contributed by atoms with Gasteiger partial charge < -0.3 is 24.8 Å². The van der Waals surface area contributed by atoms with Crippen molar-refractivity contribution in [2.24, 2.45) is 0 Å². The highest BCUT2D eigenvalue weighted by molar-refractivity contribution is 5.95. The van der Waals surface area contributed by atoms with Crippen LogP contribution in [0.25, 0.3) is 0 Å². The Bertz CT molecular complexity index is 864. The summed E-state index contributed by atoms with van der Waals surface area (Å²) in [6.45, 7) is 1.48. The largest absolute Gasteiger partial charge is 0.497 e. The summed E-state index contributed by atoms with van der Waals surface area (Å²) in [5.74, 6) is -0.475. The van der Waals surface area contributed by atoms with Crippen molar-refractivity contribution in [3.05, 3.63) is 48.0 Å². The number of hydrogen-bond donors (Lipinski definition) is 2. The monoisotopic (exact) mass is 400 g/mol. The maximum Gasteiger partial charge on any atom is 0.306 e. The fourth-order valence-electron chi connectivity index (χ4n) is 2.38. The number of carbonyl (C=O) groups is 3. The van der Waals surface area contributed by atoms with E-state index in [0.29, 0.717) is 22.9 Å². The molecule has 0 fully saturated rings. The number of carbonyl (C=O) groups excluding carboxylic acids is 3. The first-order valence-electron chi connectivity index (χ1n) is 8.95. The zero-order valence-electron chi connectivity index (χ0n) is 16.6. The van der Waals surface area contributed by atoms with Crippen LogP contribution in [-0.2, 0) is 19.1 Å². The van der Waals surface area contributed by atoms with Crippen LogP contribution in [0.5, 0.6) is 11.5 Å². The summed E-state index contributed by atoms with van der Waals surface area (Å²) in [4.78, 5) is 35.7. The van der Waals surface area contributed by atoms with Gasteiger partial charge in [0.2, 0.25) is 5.91 Å². The minimum absolute atomic E-state index is 0.0410. The smallest absolute Gasteiger partial charge is 0.306 e. The van der Waals surface area contributed by atoms with E-state index in [1.807, 2.05) is 19.1 Å². The van der Waals surface area contributed by atoms with Crippen LogP contribution < -0.4 is 20.1 Å². The topological polar surface area (TPSA) is 103 Å². The molecule has 0 bridgehead atoms. The van der Waals surface area contributed by atoms with Crippen molar-refractivity contribution in [3.63, 3.8) is 0 Å². The quantitative estimate of drug-likeness (QED) is 0.628. The van der Waals surface area contributed by atoms with E-state index in [4.69, 9.17) is 14.2 Å². The molecule has 8 nitrogen and oxygen atoms in total. The Kier molecular flexibility index (Phi) is 8.02. The highest BCUT2D eigenvalue weighted by Crippen LogP contribution is 2.28. The average Bonchev–Trinajstić information content (AvgIpc) is 2.72. The summed E-state index contributed by atoms with van der Waals surface area (Å²) in [5.41, 5.74) is 2.16. The number of hydrogen-bond acceptors (Lipinski definition) is 6. The number of anilines is 2. The molecule has 0 aromatic heterocycles. The van der Waals surface area contributed by atoms with Crippen molar-refractivity contribution in [3.8, 4) is 11.5 Å². The van der Waals surface area contributed by atoms with Crippen LogP contribution >= 0.6 is 0 Å². The fraction of sp³-hybridized carbons (Fsp3) is 0.286. The first kappa shape index (κ1) is 21.7. The van der Waals surface area contributed by atoms with Gasteiger partial charge in [-0.15, -0.1) is 0 Å². The number of benzene rings is 2. The molecule has 0 aliphatic carbocycles. The number of aryl methyl sites for hydroxylation is 1. The van der Waals surface area contributed by atoms with Crippen molar-refractivity contribution in [2.75, 3.05) is 31.5 Å². The van der Waals surface area contributed by atoms with Gasteiger partial charge in [-0.1, -0.05) is 17.7 Å². The van der Waals surface area contributed by atoms with Crippen LogP contribution in [0, 0.1) is 6.92 Å². The molecule has 2 amide bonds. The minimum Gasteiger partial charge on any atom is -0.497 e. The Morgan fingerprint density at radius 1 is 0.862 bits per heavy atom. The Morgan fingerprint density at radius 3 is 2.24 bits per heavy atom. The molecule has 0 aliphatic heterocycles. The van der Waals surface area contributed by atoms with E-state index < -0.39 is 18.5 Å². The van der Waals surface area contributed by atoms with Gasteiger partial charge in [-0.2, -0.15) is 0 Å². The number of methoxy groups -OCH3 is 2. The van der Waals surface area contributed by atoms with Crippen LogP contribution in [0.15, 0.2) is 42.5 Å². The van der Waals surface area contributed by atoms with Gasteiger partial charge in [0.1, 0.15) is 11.5 Å². The normalized spacial score (nSPS) is 10.0. The second-order valence-corrected chi connectivity index (χ2v) is 6.19. The second-order valence-electron chi connectivity index (χ2n) is 6.19. The first-order valence-corrected chi connectivity index (χ1v) is 8.95. The summed E-state index contributed by atoms with van der Waals surface area (Å²) < 4.78 is 15.2. The molecule has 2 aromatic carbocycles. The SMILES string of the molecule is COc1ccc(NC(=O)COC(=O)CCC(=O)Nc2ccc(C)cc2)c(OC)c1. The lowest BCUT2D eigenvalue weighted by Crippen LogP contribution is -2.22. The number of nitrogens with one attached hydrogen (secondary N) is 2. The van der Waals surface area contributed by atoms with E-state index in [9.17, 15) is 14.4 Å². The standard InChI is InChI=1S/C21H24N2O6/c1-14-4-6-15(7-5-14)22-19(24)10-11-21(26)29-13-20(25)23-17-9-8-16(27-2)12-18(17)28-3/h4-9,12H,10-11,13H2,1-3H3,(H,22,24)(H,23,25). The van der Waals surface area contributed by atoms with Gasteiger partial charge in [0.15, 0.2) is 6.61 Å². The molecule has 0 saturated carbocycles. The summed E-state index contributed by atoms with van der Waals surface area (Å²) in [5, 5.41) is 5.29. The Hall–Kier alpha value is -3.55. The fourth-order valence-corrected chi connectivity index (χ4v) is 2.38. The van der Waals surface area contributed by atoms with E-state index in [2.05, 4.69) is 10.6 Å². The van der Waals surface area contributed by atoms with Crippen LogP contribution in [0.1, 0.15) is 18.4 Å². The zero-order valence-corrected chi connectivity index (χ0v) is 16.6. The molecule has 29 heavy (non-hydrogen) atoms. The second kappa shape index (κ2) is 10.7. The third-order valence-corrected chi connectivity index (χ3v) is 3.94. The van der Waals surface area contributed by atoms with Crippen molar-refractivity contribution in [1.82, 2.24) is 0 Å². The predicted molar refractivity (Wildman–Crippen MR) is 108 cm³/mol. The summed E-state index contributed by atoms with van der Waals surface area (Å²) in [7, 11) is 2.99. The molecule has 2 N–H and O–H groups in total. The molecule has 0 unspecified atom stereocenters. The zero-order chi connectivity index (χ0) is 21.2. The molecule has 0 radical (unpaired) electrons. The van der Waals surface area contributed by atoms with Gasteiger partial charge in [0.25, 0.3) is 5.91 Å². The van der Waals surface area contributed by atoms with Crippen LogP contribution in [0.2, 0.25) is 0 Å². The number of amides is 2. The Morgan fingerprint density at radius 2 is 1.59 bits per heavy atom. The maximum absolute atomic E-state index is 12.0. The van der Waals surface area contributed by atoms with Crippen LogP contribution in [-0.4, -0.2) is 38.6 Å². The van der Waals surface area contributed by atoms with Crippen molar-refractivity contribution in [1.29, 1.82) is 0 Å². The van der Waals surface area contributed by atoms with Crippen molar-refractivity contribution < 1.29 is 28.6 Å². The molecule has 0 saturated heterocycles. The summed E-state index contributed by atoms with van der Waals surface area (Å²) in [6, 6.07) is 12.2. The van der Waals surface area contributed by atoms with Gasteiger partial charge in [-0.3, -0.25) is 14.4 Å². The first-order chi connectivity index (χ1) is 13.9. The summed E-state index contributed by atoms with van der Waals surface area (Å²) >= 11 is 0. The van der Waals surface area contributed by atoms with Crippen molar-refractivity contribution in [2.45, 2.75) is 19.8 Å². The molecular weight excluding hydrogens is 376 g/mol. The van der Waals surface area contributed by atoms with E-state index in [0.717, 1.165) is 5.56 Å². The lowest BCUT2D eigenvalue weighted by Gasteiger charge is -2.11. The Balaban J connectivity index is 1.73. The van der Waals surface area contributed by atoms with Crippen LogP contribution in [0.3, 0.4) is 0 Å². The molecule has 2 rings (SSSR count). The van der Waals surface area contributed by atoms with Crippen molar-refractivity contribution >= 4 is 29.2 Å². The number of ether oxygens (including phenoxy) is 3. The highest BCUT2D eigenvalue weighted by Gasteiger charge is 2.13. The number of rotatable bonds is 9. The summed E-state index contributed by atoms with van der Waals surface area (Å²) in [6.07, 6.45) is -0.169. The number of esters is 1. The third-order valence-electron chi connectivity index (χ3n) is 3.94. The van der Waals surface area contributed by atoms with E-state index in [1.54, 1.807) is 30.3 Å². The third kappa shape index (κ3) is 7.17. The molecule has 0 spiro atoms. The molecule has 2 aromatic rings. The molecule has 154 valence electrons. The average molecular weight is 400 g/mol. The predicted octanol–water partition coefficient (Wildman–Crippen LogP) is 2.91. The molecular formula is C21H24N2O6.